The Hall–Kier alpha value is -0.890. The van der Waals surface area contributed by atoms with Gasteiger partial charge in [0.15, 0.2) is 0 Å². The van der Waals surface area contributed by atoms with Crippen molar-refractivity contribution in [1.82, 2.24) is 0 Å². The number of hydrogen-bond acceptors (Lipinski definition) is 0. The Morgan fingerprint density at radius 2 is 1.16 bits per heavy atom. The second-order valence-corrected chi connectivity index (χ2v) is 9.43. The van der Waals surface area contributed by atoms with Gasteiger partial charge in [0.1, 0.15) is 0 Å². The minimum Gasteiger partial charge on any atom is -0.192 e. The molecule has 98 valence electrons. The van der Waals surface area contributed by atoms with Gasteiger partial charge in [-0.3, -0.25) is 0 Å². The number of rotatable bonds is 0. The van der Waals surface area contributed by atoms with Gasteiger partial charge < -0.3 is 0 Å². The van der Waals surface area contributed by atoms with Crippen molar-refractivity contribution < 1.29 is 0 Å². The van der Waals surface area contributed by atoms with Crippen LogP contribution >= 0.6 is 33.2 Å². The summed E-state index contributed by atoms with van der Waals surface area (Å²) in [7, 11) is -1.05. The van der Waals surface area contributed by atoms with Gasteiger partial charge in [-0.15, -0.1) is 0 Å². The van der Waals surface area contributed by atoms with Crippen LogP contribution in [0.5, 0.6) is 0 Å². The minimum absolute atomic E-state index is 0.780. The van der Waals surface area contributed by atoms with Gasteiger partial charge in [0.05, 0.1) is 0 Å². The summed E-state index contributed by atoms with van der Waals surface area (Å²) in [6.45, 7) is 0. The van der Waals surface area contributed by atoms with Crippen LogP contribution < -0.4 is 0 Å². The molecule has 3 rings (SSSR count). The first-order chi connectivity index (χ1) is 8.98. The molecule has 0 amide bonds. The number of benzene rings is 2. The summed E-state index contributed by atoms with van der Waals surface area (Å²) in [6, 6.07) is 12.3. The van der Waals surface area contributed by atoms with Crippen LogP contribution in [-0.4, -0.2) is 12.5 Å². The van der Waals surface area contributed by atoms with Crippen molar-refractivity contribution in [1.29, 1.82) is 0 Å². The minimum atomic E-state index is -1.05. The van der Waals surface area contributed by atoms with Crippen molar-refractivity contribution in [2.45, 2.75) is 9.79 Å². The fraction of sp³-hybridized carbons (Fsp3) is 0.125. The highest BCUT2D eigenvalue weighted by Gasteiger charge is 2.24. The Morgan fingerprint density at radius 1 is 0.737 bits per heavy atom. The van der Waals surface area contributed by atoms with Gasteiger partial charge in [-0.25, -0.2) is 0 Å². The summed E-state index contributed by atoms with van der Waals surface area (Å²) >= 11 is 12.2. The average molecular weight is 309 g/mol. The summed E-state index contributed by atoms with van der Waals surface area (Å²) in [6.07, 6.45) is 8.91. The third-order valence-corrected chi connectivity index (χ3v) is 6.90. The van der Waals surface area contributed by atoms with Gasteiger partial charge in [0.25, 0.3) is 0 Å². The second-order valence-electron chi connectivity index (χ2n) is 5.02. The van der Waals surface area contributed by atoms with E-state index in [4.69, 9.17) is 23.2 Å². The van der Waals surface area contributed by atoms with Crippen LogP contribution in [-0.2, 0) is 0 Å². The van der Waals surface area contributed by atoms with E-state index in [9.17, 15) is 0 Å². The maximum Gasteiger partial charge on any atom is 0.0412 e. The van der Waals surface area contributed by atoms with Crippen LogP contribution in [0.2, 0.25) is 10.0 Å². The third-order valence-electron chi connectivity index (χ3n) is 3.49. The van der Waals surface area contributed by atoms with E-state index >= 15 is 0 Å². The topological polar surface area (TPSA) is 0 Å². The maximum atomic E-state index is 6.11. The normalized spacial score (nSPS) is 17.3. The van der Waals surface area contributed by atoms with Crippen molar-refractivity contribution in [3.05, 3.63) is 57.6 Å². The lowest BCUT2D eigenvalue weighted by molar-refractivity contribution is 1.34. The molecule has 0 atom stereocenters. The molecular weight excluding hydrogens is 295 g/mol. The molecule has 19 heavy (non-hydrogen) atoms. The fourth-order valence-electron chi connectivity index (χ4n) is 2.53. The number of fused-ring (bicyclic) bond motifs is 2. The van der Waals surface area contributed by atoms with Crippen LogP contribution in [0, 0.1) is 0 Å². The molecule has 0 saturated heterocycles. The first-order valence-corrected chi connectivity index (χ1v) is 9.19. The van der Waals surface area contributed by atoms with Crippen molar-refractivity contribution in [3.63, 3.8) is 0 Å². The first-order valence-electron chi connectivity index (χ1n) is 5.99. The van der Waals surface area contributed by atoms with Crippen molar-refractivity contribution in [2.75, 3.05) is 12.5 Å². The molecule has 0 saturated carbocycles. The van der Waals surface area contributed by atoms with Crippen molar-refractivity contribution in [3.8, 4) is 0 Å². The van der Waals surface area contributed by atoms with Gasteiger partial charge >= 0.3 is 0 Å². The molecule has 0 fully saturated rings. The van der Waals surface area contributed by atoms with Gasteiger partial charge in [-0.1, -0.05) is 35.4 Å². The molecule has 3 heteroatoms. The summed E-state index contributed by atoms with van der Waals surface area (Å²) in [5.41, 5.74) is 2.42. The molecule has 1 aliphatic rings. The van der Waals surface area contributed by atoms with E-state index in [1.54, 1.807) is 0 Å². The molecule has 0 unspecified atom stereocenters. The molecule has 0 nitrogen and oxygen atoms in total. The van der Waals surface area contributed by atoms with Crippen LogP contribution in [0.15, 0.2) is 46.2 Å². The monoisotopic (exact) mass is 308 g/mol. The zero-order chi connectivity index (χ0) is 13.6. The third kappa shape index (κ3) is 2.20. The van der Waals surface area contributed by atoms with Crippen molar-refractivity contribution in [2.24, 2.45) is 0 Å². The van der Waals surface area contributed by atoms with Gasteiger partial charge in [0, 0.05) is 19.8 Å². The molecule has 0 aliphatic carbocycles. The van der Waals surface area contributed by atoms with Crippen LogP contribution in [0.1, 0.15) is 11.1 Å². The number of hydrogen-bond donors (Lipinski definition) is 0. The molecule has 2 aromatic carbocycles. The SMILES string of the molecule is CS1(C)c2ccc(Cl)cc2C=Cc2cc(Cl)ccc21. The van der Waals surface area contributed by atoms with E-state index in [2.05, 4.69) is 36.8 Å². The Bertz CT molecular complexity index is 630. The molecule has 0 radical (unpaired) electrons. The zero-order valence-corrected chi connectivity index (χ0v) is 13.1. The first kappa shape index (κ1) is 13.1. The van der Waals surface area contributed by atoms with Gasteiger partial charge in [-0.2, -0.15) is 10.0 Å². The summed E-state index contributed by atoms with van der Waals surface area (Å²) in [5, 5.41) is 1.56. The predicted molar refractivity (Wildman–Crippen MR) is 87.8 cm³/mol. The summed E-state index contributed by atoms with van der Waals surface area (Å²) in [5.74, 6) is 0. The molecule has 0 N–H and O–H groups in total. The molecule has 1 heterocycles. The van der Waals surface area contributed by atoms with E-state index in [1.807, 2.05) is 24.3 Å². The van der Waals surface area contributed by atoms with Crippen LogP contribution in [0.25, 0.3) is 12.2 Å². The Kier molecular flexibility index (Phi) is 3.17. The lowest BCUT2D eigenvalue weighted by atomic mass is 10.1. The van der Waals surface area contributed by atoms with Gasteiger partial charge in [-0.05, 0) is 60.0 Å². The Morgan fingerprint density at radius 3 is 1.58 bits per heavy atom. The molecule has 0 spiro atoms. The lowest BCUT2D eigenvalue weighted by Gasteiger charge is -2.34. The zero-order valence-electron chi connectivity index (χ0n) is 10.8. The quantitative estimate of drug-likeness (QED) is 0.563. The molecule has 2 aromatic rings. The molecular formula is C16H14Cl2S. The van der Waals surface area contributed by atoms with Crippen LogP contribution in [0.3, 0.4) is 0 Å². The van der Waals surface area contributed by atoms with E-state index in [-0.39, 0.29) is 0 Å². The summed E-state index contributed by atoms with van der Waals surface area (Å²) < 4.78 is 0. The van der Waals surface area contributed by atoms with Crippen LogP contribution in [0.4, 0.5) is 0 Å². The lowest BCUT2D eigenvalue weighted by Crippen LogP contribution is -2.00. The standard InChI is InChI=1S/C16H14Cl2S/c1-19(2)15-7-5-13(17)9-11(15)3-4-12-10-14(18)6-8-16(12)19/h3-10H,1-2H3. The number of halogens is 2. The van der Waals surface area contributed by atoms with E-state index in [0.717, 1.165) is 10.0 Å². The van der Waals surface area contributed by atoms with E-state index in [1.165, 1.54) is 20.9 Å². The smallest absolute Gasteiger partial charge is 0.0412 e. The molecule has 1 aliphatic heterocycles. The van der Waals surface area contributed by atoms with E-state index in [0.29, 0.717) is 0 Å². The highest BCUT2D eigenvalue weighted by Crippen LogP contribution is 2.60. The van der Waals surface area contributed by atoms with Crippen molar-refractivity contribution >= 4 is 45.4 Å². The molecule has 0 bridgehead atoms. The highest BCUT2D eigenvalue weighted by molar-refractivity contribution is 8.32. The Labute approximate surface area is 125 Å². The Balaban J connectivity index is 2.31. The fourth-order valence-corrected chi connectivity index (χ4v) is 5.37. The highest BCUT2D eigenvalue weighted by atomic mass is 35.5. The second kappa shape index (κ2) is 4.59. The van der Waals surface area contributed by atoms with Gasteiger partial charge in [0.2, 0.25) is 0 Å². The maximum absolute atomic E-state index is 6.11. The predicted octanol–water partition coefficient (Wildman–Crippen LogP) is 5.96. The summed E-state index contributed by atoms with van der Waals surface area (Å²) in [4.78, 5) is 2.74. The largest absolute Gasteiger partial charge is 0.192 e. The molecule has 0 aromatic heterocycles. The average Bonchev–Trinajstić information content (AvgIpc) is 2.45. The van der Waals surface area contributed by atoms with E-state index < -0.39 is 10.0 Å².